The fourth-order valence-electron chi connectivity index (χ4n) is 6.62. The number of methoxy groups -OCH3 is 1. The minimum Gasteiger partial charge on any atom is -0.385 e. The van der Waals surface area contributed by atoms with Gasteiger partial charge in [0.2, 0.25) is 0 Å². The Labute approximate surface area is 227 Å². The Morgan fingerprint density at radius 1 is 1.19 bits per heavy atom. The number of unbranched alkanes of at least 4 members (excludes halogenated alkanes) is 1. The number of carbonyl (C=O) groups is 1. The van der Waals surface area contributed by atoms with Gasteiger partial charge in [-0.1, -0.05) is 50.3 Å². The second-order valence-electron chi connectivity index (χ2n) is 11.2. The molecule has 206 valence electrons. The lowest BCUT2D eigenvalue weighted by atomic mass is 9.74. The molecule has 2 aliphatic rings. The van der Waals surface area contributed by atoms with E-state index in [-0.39, 0.29) is 18.0 Å². The first-order chi connectivity index (χ1) is 18.0. The molecule has 4 rings (SSSR count). The highest BCUT2D eigenvalue weighted by Crippen LogP contribution is 2.43. The summed E-state index contributed by atoms with van der Waals surface area (Å²) in [6.45, 7) is 2.83. The number of likely N-dealkylation sites (tertiary alicyclic amines) is 1. The molecule has 1 aromatic carbocycles. The largest absolute Gasteiger partial charge is 0.385 e. The molecule has 0 bridgehead atoms. The van der Waals surface area contributed by atoms with Gasteiger partial charge < -0.3 is 25.4 Å². The van der Waals surface area contributed by atoms with Crippen molar-refractivity contribution in [2.45, 2.75) is 82.3 Å². The summed E-state index contributed by atoms with van der Waals surface area (Å²) in [5.74, 6) is 0.716. The van der Waals surface area contributed by atoms with Crippen molar-refractivity contribution in [3.63, 3.8) is 0 Å². The van der Waals surface area contributed by atoms with Gasteiger partial charge in [0.25, 0.3) is 0 Å². The first kappa shape index (κ1) is 28.3. The third-order valence-electron chi connectivity index (χ3n) is 8.61. The Bertz CT molecular complexity index is 976. The van der Waals surface area contributed by atoms with Crippen LogP contribution in [-0.4, -0.2) is 62.5 Å². The number of nitrogens with one attached hydrogen (secondary N) is 2. The van der Waals surface area contributed by atoms with Crippen molar-refractivity contribution in [1.82, 2.24) is 15.5 Å². The lowest BCUT2D eigenvalue weighted by Gasteiger charge is -2.43. The van der Waals surface area contributed by atoms with Crippen LogP contribution < -0.4 is 10.6 Å². The molecule has 1 saturated heterocycles. The number of piperidine rings is 1. The Morgan fingerprint density at radius 3 is 2.81 bits per heavy atom. The molecular formula is C30H47N3O3S. The van der Waals surface area contributed by atoms with E-state index in [4.69, 9.17) is 4.74 Å². The number of nitrogens with zero attached hydrogens (tertiary/aromatic N) is 1. The van der Waals surface area contributed by atoms with Crippen LogP contribution in [0.25, 0.3) is 10.1 Å². The van der Waals surface area contributed by atoms with E-state index in [1.807, 2.05) is 11.9 Å². The van der Waals surface area contributed by atoms with Gasteiger partial charge >= 0.3 is 6.03 Å². The van der Waals surface area contributed by atoms with Crippen LogP contribution in [-0.2, 0) is 10.3 Å². The van der Waals surface area contributed by atoms with E-state index in [0.29, 0.717) is 25.5 Å². The maximum atomic E-state index is 13.5. The van der Waals surface area contributed by atoms with Crippen molar-refractivity contribution in [1.29, 1.82) is 0 Å². The van der Waals surface area contributed by atoms with Gasteiger partial charge in [0.15, 0.2) is 0 Å². The number of hydrogen-bond donors (Lipinski definition) is 3. The zero-order valence-electron chi connectivity index (χ0n) is 22.8. The predicted molar refractivity (Wildman–Crippen MR) is 153 cm³/mol. The van der Waals surface area contributed by atoms with Gasteiger partial charge in [-0.05, 0) is 68.3 Å². The summed E-state index contributed by atoms with van der Waals surface area (Å²) < 4.78 is 6.45. The highest BCUT2D eigenvalue weighted by molar-refractivity contribution is 7.17. The molecule has 3 N–H and O–H groups in total. The Balaban J connectivity index is 1.48. The maximum absolute atomic E-state index is 13.5. The van der Waals surface area contributed by atoms with Gasteiger partial charge in [-0.3, -0.25) is 0 Å². The number of amides is 2. The number of benzene rings is 1. The summed E-state index contributed by atoms with van der Waals surface area (Å²) in [5, 5.41) is 22.3. The molecule has 2 amide bonds. The second kappa shape index (κ2) is 13.9. The van der Waals surface area contributed by atoms with Crippen molar-refractivity contribution in [2.75, 3.05) is 40.4 Å². The van der Waals surface area contributed by atoms with Crippen LogP contribution in [0.3, 0.4) is 0 Å². The monoisotopic (exact) mass is 529 g/mol. The zero-order valence-corrected chi connectivity index (χ0v) is 23.7. The number of rotatable bonds is 12. The van der Waals surface area contributed by atoms with Crippen LogP contribution in [0.5, 0.6) is 0 Å². The van der Waals surface area contributed by atoms with E-state index in [2.05, 4.69) is 40.3 Å². The lowest BCUT2D eigenvalue weighted by molar-refractivity contribution is -0.0551. The summed E-state index contributed by atoms with van der Waals surface area (Å²) in [5.41, 5.74) is 0.0545. The smallest absolute Gasteiger partial charge is 0.317 e. The predicted octanol–water partition coefficient (Wildman–Crippen LogP) is 5.89. The van der Waals surface area contributed by atoms with E-state index < -0.39 is 5.60 Å². The van der Waals surface area contributed by atoms with E-state index in [0.717, 1.165) is 50.8 Å². The van der Waals surface area contributed by atoms with Crippen LogP contribution in [0.2, 0.25) is 0 Å². The standard InChI is InChI=1S/C30H47N3O3S/c1-31-21-26(20-23-10-4-3-5-11-23)32-29(34)33-17-9-13-25(22-33)30(35,16-6-7-18-36-2)27-14-8-12-24-15-19-37-28(24)27/h8,12,14-15,19,23,25-26,31,35H,3-7,9-11,13,16-18,20-22H2,1-2H3,(H,32,34)/t25-,26?,30+/m1/s1. The molecule has 0 radical (unpaired) electrons. The van der Waals surface area contributed by atoms with Crippen molar-refractivity contribution in [3.05, 3.63) is 35.2 Å². The molecule has 2 heterocycles. The highest BCUT2D eigenvalue weighted by Gasteiger charge is 2.42. The average molecular weight is 530 g/mol. The fourth-order valence-corrected chi connectivity index (χ4v) is 7.61. The molecule has 1 unspecified atom stereocenters. The van der Waals surface area contributed by atoms with Crippen LogP contribution in [0.15, 0.2) is 29.6 Å². The second-order valence-corrected chi connectivity index (χ2v) is 12.2. The third kappa shape index (κ3) is 7.25. The number of fused-ring (bicyclic) bond motifs is 1. The number of ether oxygens (including phenoxy) is 1. The SMILES string of the molecule is CNCC(CC1CCCCC1)NC(=O)N1CCC[C@@H]([C@@](O)(CCCCOC)c2cccc3ccsc23)C1. The maximum Gasteiger partial charge on any atom is 0.317 e. The molecule has 0 spiro atoms. The molecular weight excluding hydrogens is 482 g/mol. The number of carbonyl (C=O) groups excluding carboxylic acids is 1. The van der Waals surface area contributed by atoms with Crippen molar-refractivity contribution in [2.24, 2.45) is 11.8 Å². The van der Waals surface area contributed by atoms with Crippen molar-refractivity contribution >= 4 is 27.5 Å². The topological polar surface area (TPSA) is 73.8 Å². The lowest BCUT2D eigenvalue weighted by Crippen LogP contribution is -2.54. The van der Waals surface area contributed by atoms with Gasteiger partial charge in [-0.15, -0.1) is 11.3 Å². The average Bonchev–Trinajstić information content (AvgIpc) is 3.41. The Morgan fingerprint density at radius 2 is 2.03 bits per heavy atom. The summed E-state index contributed by atoms with van der Waals surface area (Å²) in [7, 11) is 3.69. The number of aliphatic hydroxyl groups is 1. The van der Waals surface area contributed by atoms with E-state index in [1.54, 1.807) is 18.4 Å². The summed E-state index contributed by atoms with van der Waals surface area (Å²) in [6.07, 6.45) is 11.9. The Hall–Kier alpha value is -1.67. The quantitative estimate of drug-likeness (QED) is 0.300. The molecule has 1 aliphatic heterocycles. The van der Waals surface area contributed by atoms with Crippen LogP contribution >= 0.6 is 11.3 Å². The number of thiophene rings is 1. The summed E-state index contributed by atoms with van der Waals surface area (Å²) >= 11 is 1.70. The van der Waals surface area contributed by atoms with Crippen molar-refractivity contribution < 1.29 is 14.6 Å². The number of likely N-dealkylation sites (N-methyl/N-ethyl adjacent to an activating group) is 1. The first-order valence-electron chi connectivity index (χ1n) is 14.4. The minimum atomic E-state index is -0.969. The van der Waals surface area contributed by atoms with Gasteiger partial charge in [0, 0.05) is 55.6 Å². The molecule has 7 heteroatoms. The molecule has 2 fully saturated rings. The van der Waals surface area contributed by atoms with E-state index in [1.165, 1.54) is 42.2 Å². The van der Waals surface area contributed by atoms with E-state index in [9.17, 15) is 9.90 Å². The molecule has 1 saturated carbocycles. The summed E-state index contributed by atoms with van der Waals surface area (Å²) in [6, 6.07) is 8.58. The molecule has 37 heavy (non-hydrogen) atoms. The fraction of sp³-hybridized carbons (Fsp3) is 0.700. The van der Waals surface area contributed by atoms with Gasteiger partial charge in [-0.2, -0.15) is 0 Å². The molecule has 3 atom stereocenters. The molecule has 1 aliphatic carbocycles. The molecule has 1 aromatic heterocycles. The third-order valence-corrected chi connectivity index (χ3v) is 9.57. The molecule has 2 aromatic rings. The van der Waals surface area contributed by atoms with Crippen molar-refractivity contribution in [3.8, 4) is 0 Å². The first-order valence-corrected chi connectivity index (χ1v) is 15.3. The molecule has 6 nitrogen and oxygen atoms in total. The number of hydrogen-bond acceptors (Lipinski definition) is 5. The van der Waals surface area contributed by atoms with Crippen LogP contribution in [0.4, 0.5) is 4.79 Å². The van der Waals surface area contributed by atoms with Gasteiger partial charge in [0.1, 0.15) is 0 Å². The van der Waals surface area contributed by atoms with Crippen LogP contribution in [0.1, 0.15) is 76.2 Å². The summed E-state index contributed by atoms with van der Waals surface area (Å²) in [4.78, 5) is 15.5. The van der Waals surface area contributed by atoms with E-state index >= 15 is 0 Å². The van der Waals surface area contributed by atoms with Gasteiger partial charge in [-0.25, -0.2) is 4.79 Å². The van der Waals surface area contributed by atoms with Crippen LogP contribution in [0, 0.1) is 11.8 Å². The Kier molecular flexibility index (Phi) is 10.7. The zero-order chi connectivity index (χ0) is 26.1. The van der Waals surface area contributed by atoms with Gasteiger partial charge in [0.05, 0.1) is 5.60 Å². The minimum absolute atomic E-state index is 0.00309. The number of urea groups is 1. The normalized spacial score (nSPS) is 21.6. The highest BCUT2D eigenvalue weighted by atomic mass is 32.1.